The third-order valence-corrected chi connectivity index (χ3v) is 7.22. The number of ether oxygens (including phenoxy) is 3. The van der Waals surface area contributed by atoms with Crippen molar-refractivity contribution in [3.8, 4) is 17.2 Å². The van der Waals surface area contributed by atoms with Gasteiger partial charge in [-0.15, -0.1) is 0 Å². The summed E-state index contributed by atoms with van der Waals surface area (Å²) in [4.78, 5) is 17.3. The lowest BCUT2D eigenvalue weighted by Gasteiger charge is -2.28. The average Bonchev–Trinajstić information content (AvgIpc) is 3.18. The predicted octanol–water partition coefficient (Wildman–Crippen LogP) is 6.63. The molecule has 5 rings (SSSR count). The third-order valence-electron chi connectivity index (χ3n) is 6.72. The molecule has 0 saturated carbocycles. The third kappa shape index (κ3) is 6.01. The standard InChI is InChI=1S/C29H25BrF4N2O4/c1-38-27-15-18(2-6-26(27)40-25-7-3-19(30)16-23(25)29(32,33)34)14-22-21-17-20(31)4-5-24(21)36(28(22)37)9-8-35-10-12-39-13-11-35/h2-7,14-17H,8-13H2,1H3. The van der Waals surface area contributed by atoms with Gasteiger partial charge in [0, 0.05) is 41.8 Å². The fourth-order valence-corrected chi connectivity index (χ4v) is 5.07. The van der Waals surface area contributed by atoms with Crippen molar-refractivity contribution >= 4 is 39.2 Å². The van der Waals surface area contributed by atoms with Gasteiger partial charge in [-0.2, -0.15) is 13.2 Å². The van der Waals surface area contributed by atoms with Gasteiger partial charge in [-0.1, -0.05) is 22.0 Å². The summed E-state index contributed by atoms with van der Waals surface area (Å²) in [5.74, 6) is -0.888. The van der Waals surface area contributed by atoms with E-state index in [2.05, 4.69) is 20.8 Å². The van der Waals surface area contributed by atoms with E-state index in [1.165, 1.54) is 37.4 Å². The van der Waals surface area contributed by atoms with Crippen molar-refractivity contribution in [2.75, 3.05) is 51.4 Å². The lowest BCUT2D eigenvalue weighted by atomic mass is 10.0. The Hall–Kier alpha value is -3.41. The maximum Gasteiger partial charge on any atom is 0.420 e. The number of carbonyl (C=O) groups excluding carboxylic acids is 1. The van der Waals surface area contributed by atoms with Gasteiger partial charge < -0.3 is 19.1 Å². The van der Waals surface area contributed by atoms with Gasteiger partial charge in [0.25, 0.3) is 5.91 Å². The molecule has 1 saturated heterocycles. The van der Waals surface area contributed by atoms with E-state index < -0.39 is 17.6 Å². The highest BCUT2D eigenvalue weighted by atomic mass is 79.9. The molecule has 6 nitrogen and oxygen atoms in total. The van der Waals surface area contributed by atoms with Gasteiger partial charge in [0.2, 0.25) is 0 Å². The van der Waals surface area contributed by atoms with E-state index in [4.69, 9.17) is 14.2 Å². The second-order valence-corrected chi connectivity index (χ2v) is 10.2. The molecule has 0 N–H and O–H groups in total. The summed E-state index contributed by atoms with van der Waals surface area (Å²) in [6.45, 7) is 3.91. The van der Waals surface area contributed by atoms with Crippen molar-refractivity contribution in [2.24, 2.45) is 0 Å². The minimum atomic E-state index is -4.63. The first-order valence-corrected chi connectivity index (χ1v) is 13.3. The number of amides is 1. The number of fused-ring (bicyclic) bond motifs is 1. The van der Waals surface area contributed by atoms with Crippen molar-refractivity contribution in [3.63, 3.8) is 0 Å². The number of alkyl halides is 3. The molecule has 1 fully saturated rings. The molecule has 2 aliphatic rings. The molecular formula is C29H25BrF4N2O4. The highest BCUT2D eigenvalue weighted by Crippen LogP contribution is 2.43. The molecule has 210 valence electrons. The van der Waals surface area contributed by atoms with Crippen LogP contribution in [0.3, 0.4) is 0 Å². The van der Waals surface area contributed by atoms with Crippen molar-refractivity contribution in [1.29, 1.82) is 0 Å². The summed E-state index contributed by atoms with van der Waals surface area (Å²) >= 11 is 3.06. The molecule has 3 aromatic carbocycles. The maximum atomic E-state index is 14.2. The van der Waals surface area contributed by atoms with Crippen molar-refractivity contribution in [2.45, 2.75) is 6.18 Å². The molecular weight excluding hydrogens is 596 g/mol. The van der Waals surface area contributed by atoms with Crippen LogP contribution in [-0.2, 0) is 15.7 Å². The number of carbonyl (C=O) groups is 1. The number of morpholine rings is 1. The largest absolute Gasteiger partial charge is 0.493 e. The molecule has 1 amide bonds. The van der Waals surface area contributed by atoms with Crippen LogP contribution in [0, 0.1) is 5.82 Å². The van der Waals surface area contributed by atoms with E-state index >= 15 is 0 Å². The zero-order chi connectivity index (χ0) is 28.4. The van der Waals surface area contributed by atoms with E-state index in [0.29, 0.717) is 48.7 Å². The van der Waals surface area contributed by atoms with Gasteiger partial charge in [-0.25, -0.2) is 4.39 Å². The molecule has 11 heteroatoms. The fourth-order valence-electron chi connectivity index (χ4n) is 4.71. The fraction of sp³-hybridized carbons (Fsp3) is 0.276. The summed E-state index contributed by atoms with van der Waals surface area (Å²) in [7, 11) is 1.37. The number of hydrogen-bond acceptors (Lipinski definition) is 5. The summed E-state index contributed by atoms with van der Waals surface area (Å²) in [5, 5.41) is 0. The Kier molecular flexibility index (Phi) is 8.16. The number of halogens is 5. The Balaban J connectivity index is 1.43. The Morgan fingerprint density at radius 2 is 1.73 bits per heavy atom. The summed E-state index contributed by atoms with van der Waals surface area (Å²) in [5.41, 5.74) is 0.982. The quantitative estimate of drug-likeness (QED) is 0.219. The van der Waals surface area contributed by atoms with Gasteiger partial charge in [-0.3, -0.25) is 9.69 Å². The molecule has 0 spiro atoms. The second-order valence-electron chi connectivity index (χ2n) is 9.28. The normalized spacial score (nSPS) is 16.9. The summed E-state index contributed by atoms with van der Waals surface area (Å²) in [6, 6.07) is 12.5. The van der Waals surface area contributed by atoms with Crippen LogP contribution in [0.25, 0.3) is 11.6 Å². The van der Waals surface area contributed by atoms with E-state index in [-0.39, 0.29) is 27.6 Å². The second kappa shape index (κ2) is 11.6. The number of benzene rings is 3. The molecule has 2 heterocycles. The molecule has 0 atom stereocenters. The number of methoxy groups -OCH3 is 1. The van der Waals surface area contributed by atoms with Crippen LogP contribution in [0.5, 0.6) is 17.2 Å². The topological polar surface area (TPSA) is 51.2 Å². The van der Waals surface area contributed by atoms with Gasteiger partial charge in [0.15, 0.2) is 11.5 Å². The van der Waals surface area contributed by atoms with Crippen molar-refractivity contribution in [3.05, 3.63) is 81.6 Å². The smallest absolute Gasteiger partial charge is 0.420 e. The minimum absolute atomic E-state index is 0.0637. The number of hydrogen-bond donors (Lipinski definition) is 0. The van der Waals surface area contributed by atoms with Crippen LogP contribution < -0.4 is 14.4 Å². The Morgan fingerprint density at radius 1 is 0.975 bits per heavy atom. The molecule has 0 aliphatic carbocycles. The lowest BCUT2D eigenvalue weighted by molar-refractivity contribution is -0.138. The maximum absolute atomic E-state index is 14.2. The van der Waals surface area contributed by atoms with Crippen molar-refractivity contribution < 1.29 is 36.6 Å². The van der Waals surface area contributed by atoms with Crippen LogP contribution in [0.2, 0.25) is 0 Å². The highest BCUT2D eigenvalue weighted by Gasteiger charge is 2.35. The zero-order valence-electron chi connectivity index (χ0n) is 21.4. The molecule has 0 radical (unpaired) electrons. The summed E-state index contributed by atoms with van der Waals surface area (Å²) < 4.78 is 71.6. The van der Waals surface area contributed by atoms with E-state index in [1.54, 1.807) is 29.2 Å². The highest BCUT2D eigenvalue weighted by molar-refractivity contribution is 9.10. The number of nitrogens with zero attached hydrogens (tertiary/aromatic N) is 2. The molecule has 40 heavy (non-hydrogen) atoms. The Bertz CT molecular complexity index is 1450. The van der Waals surface area contributed by atoms with Crippen LogP contribution >= 0.6 is 15.9 Å². The number of rotatable bonds is 7. The van der Waals surface area contributed by atoms with E-state index in [1.807, 2.05) is 0 Å². The molecule has 2 aliphatic heterocycles. The summed E-state index contributed by atoms with van der Waals surface area (Å²) in [6.07, 6.45) is -3.02. The SMILES string of the molecule is COc1cc(C=C2C(=O)N(CCN3CCOCC3)c3ccc(F)cc32)ccc1Oc1ccc(Br)cc1C(F)(F)F. The minimum Gasteiger partial charge on any atom is -0.493 e. The van der Waals surface area contributed by atoms with Crippen LogP contribution in [0.1, 0.15) is 16.7 Å². The van der Waals surface area contributed by atoms with Gasteiger partial charge in [0.1, 0.15) is 11.6 Å². The van der Waals surface area contributed by atoms with Gasteiger partial charge in [0.05, 0.1) is 31.6 Å². The van der Waals surface area contributed by atoms with E-state index in [0.717, 1.165) is 19.2 Å². The monoisotopic (exact) mass is 620 g/mol. The lowest BCUT2D eigenvalue weighted by Crippen LogP contribution is -2.42. The first-order chi connectivity index (χ1) is 19.1. The van der Waals surface area contributed by atoms with Crippen LogP contribution in [0.15, 0.2) is 59.1 Å². The molecule has 0 bridgehead atoms. The molecule has 3 aromatic rings. The molecule has 0 unspecified atom stereocenters. The zero-order valence-corrected chi connectivity index (χ0v) is 23.0. The average molecular weight is 621 g/mol. The van der Waals surface area contributed by atoms with Crippen LogP contribution in [0.4, 0.5) is 23.2 Å². The first-order valence-electron chi connectivity index (χ1n) is 12.5. The Labute approximate surface area is 236 Å². The van der Waals surface area contributed by atoms with Crippen LogP contribution in [-0.4, -0.2) is 57.3 Å². The first kappa shape index (κ1) is 28.1. The van der Waals surface area contributed by atoms with Crippen molar-refractivity contribution in [1.82, 2.24) is 4.90 Å². The number of anilines is 1. The van der Waals surface area contributed by atoms with Gasteiger partial charge >= 0.3 is 6.18 Å². The Morgan fingerprint density at radius 3 is 2.45 bits per heavy atom. The molecule has 0 aromatic heterocycles. The van der Waals surface area contributed by atoms with Gasteiger partial charge in [-0.05, 0) is 60.2 Å². The van der Waals surface area contributed by atoms with E-state index in [9.17, 15) is 22.4 Å². The predicted molar refractivity (Wildman–Crippen MR) is 146 cm³/mol.